The van der Waals surface area contributed by atoms with Gasteiger partial charge in [0.15, 0.2) is 11.5 Å². The predicted molar refractivity (Wildman–Crippen MR) is 109 cm³/mol. The van der Waals surface area contributed by atoms with E-state index in [-0.39, 0.29) is 10.1 Å². The van der Waals surface area contributed by atoms with Crippen molar-refractivity contribution in [1.82, 2.24) is 9.78 Å². The number of H-pyrrole nitrogens is 1. The third kappa shape index (κ3) is 3.95. The summed E-state index contributed by atoms with van der Waals surface area (Å²) >= 11 is 0. The zero-order valence-corrected chi connectivity index (χ0v) is 17.3. The van der Waals surface area contributed by atoms with Gasteiger partial charge in [0.2, 0.25) is 5.75 Å². The fraction of sp³-hybridized carbons (Fsp3) is 0.150. The number of nitrogens with one attached hydrogen (secondary N) is 1. The van der Waals surface area contributed by atoms with Crippen LogP contribution in [0.2, 0.25) is 0 Å². The van der Waals surface area contributed by atoms with Crippen LogP contribution in [-0.4, -0.2) is 44.1 Å². The minimum absolute atomic E-state index is 0.282. The number of hydrogen-bond donors (Lipinski definition) is 1. The Bertz CT molecular complexity index is 1330. The minimum atomic E-state index is -4.57. The van der Waals surface area contributed by atoms with Crippen LogP contribution in [0, 0.1) is 0 Å². The van der Waals surface area contributed by atoms with E-state index < -0.39 is 15.7 Å². The van der Waals surface area contributed by atoms with Gasteiger partial charge in [0.25, 0.3) is 5.56 Å². The topological polar surface area (TPSA) is 123 Å². The van der Waals surface area contributed by atoms with Gasteiger partial charge < -0.3 is 18.8 Å². The molecule has 1 heterocycles. The number of methoxy groups -OCH3 is 3. The maximum Gasteiger partial charge on any atom is 0.279 e. The SMILES string of the molecule is C=c1[nH]n(-c2ccc(S(=O)(=O)[O-])cc2)c(=O)/c1=C/c1cc(OC)c(OC)c(OC)c1. The summed E-state index contributed by atoms with van der Waals surface area (Å²) in [6.07, 6.45) is 1.61. The molecule has 1 N–H and O–H groups in total. The van der Waals surface area contributed by atoms with Crippen LogP contribution in [0.3, 0.4) is 0 Å². The normalized spacial score (nSPS) is 12.1. The van der Waals surface area contributed by atoms with E-state index in [0.717, 1.165) is 12.1 Å². The molecule has 0 saturated heterocycles. The molecule has 30 heavy (non-hydrogen) atoms. The van der Waals surface area contributed by atoms with Crippen molar-refractivity contribution in [3.8, 4) is 22.9 Å². The lowest BCUT2D eigenvalue weighted by Crippen LogP contribution is -2.33. The first-order chi connectivity index (χ1) is 14.2. The van der Waals surface area contributed by atoms with E-state index in [1.54, 1.807) is 18.2 Å². The van der Waals surface area contributed by atoms with Gasteiger partial charge in [0, 0.05) is 0 Å². The molecular weight excluding hydrogens is 412 g/mol. The van der Waals surface area contributed by atoms with Crippen LogP contribution in [0.5, 0.6) is 17.2 Å². The second-order valence-corrected chi connectivity index (χ2v) is 7.58. The van der Waals surface area contributed by atoms with Gasteiger partial charge in [-0.1, -0.05) is 6.58 Å². The zero-order chi connectivity index (χ0) is 22.1. The molecule has 3 rings (SSSR count). The van der Waals surface area contributed by atoms with Gasteiger partial charge in [0.1, 0.15) is 10.1 Å². The minimum Gasteiger partial charge on any atom is -0.744 e. The second kappa shape index (κ2) is 8.09. The average molecular weight is 431 g/mol. The summed E-state index contributed by atoms with van der Waals surface area (Å²) in [7, 11) is -0.105. The molecule has 10 heteroatoms. The van der Waals surface area contributed by atoms with Crippen LogP contribution in [0.25, 0.3) is 18.3 Å². The van der Waals surface area contributed by atoms with E-state index in [4.69, 9.17) is 14.2 Å². The number of hydrogen-bond acceptors (Lipinski definition) is 7. The number of nitrogens with zero attached hydrogens (tertiary/aromatic N) is 1. The molecule has 0 bridgehead atoms. The maximum atomic E-state index is 12.9. The van der Waals surface area contributed by atoms with Crippen molar-refractivity contribution in [2.45, 2.75) is 4.90 Å². The molecule has 0 unspecified atom stereocenters. The van der Waals surface area contributed by atoms with Crippen molar-refractivity contribution in [2.75, 3.05) is 21.3 Å². The quantitative estimate of drug-likeness (QED) is 0.558. The van der Waals surface area contributed by atoms with Gasteiger partial charge in [-0.2, -0.15) is 0 Å². The summed E-state index contributed by atoms with van der Waals surface area (Å²) in [6.45, 7) is 3.86. The fourth-order valence-electron chi connectivity index (χ4n) is 2.94. The van der Waals surface area contributed by atoms with Gasteiger partial charge in [-0.25, -0.2) is 13.1 Å². The Balaban J connectivity index is 2.14. The molecular formula is C20H19N2O7S-. The maximum absolute atomic E-state index is 12.9. The Kier molecular flexibility index (Phi) is 5.72. The van der Waals surface area contributed by atoms with E-state index in [0.29, 0.717) is 33.8 Å². The van der Waals surface area contributed by atoms with Gasteiger partial charge in [0.05, 0.1) is 42.5 Å². The smallest absolute Gasteiger partial charge is 0.279 e. The fourth-order valence-corrected chi connectivity index (χ4v) is 3.41. The monoisotopic (exact) mass is 431 g/mol. The van der Waals surface area contributed by atoms with E-state index in [9.17, 15) is 17.8 Å². The molecule has 0 fully saturated rings. The summed E-state index contributed by atoms with van der Waals surface area (Å²) in [6, 6.07) is 8.35. The van der Waals surface area contributed by atoms with Crippen molar-refractivity contribution in [3.63, 3.8) is 0 Å². The molecule has 158 valence electrons. The molecule has 9 nitrogen and oxygen atoms in total. The highest BCUT2D eigenvalue weighted by molar-refractivity contribution is 7.85. The van der Waals surface area contributed by atoms with Crippen molar-refractivity contribution in [2.24, 2.45) is 0 Å². The summed E-state index contributed by atoms with van der Waals surface area (Å²) < 4.78 is 50.4. The summed E-state index contributed by atoms with van der Waals surface area (Å²) in [5, 5.41) is 3.46. The van der Waals surface area contributed by atoms with Crippen LogP contribution >= 0.6 is 0 Å². The summed E-state index contributed by atoms with van der Waals surface area (Å²) in [5.41, 5.74) is 0.554. The Morgan fingerprint density at radius 2 is 1.60 bits per heavy atom. The standard InChI is InChI=1S/C20H20N2O7S/c1-12-16(9-13-10-17(27-2)19(29-4)18(11-13)28-3)20(23)22(21-12)14-5-7-15(8-6-14)30(24,25)26/h5-11,21H,1H2,2-4H3,(H,24,25,26)/p-1/b16-9+. The highest BCUT2D eigenvalue weighted by atomic mass is 32.2. The lowest BCUT2D eigenvalue weighted by atomic mass is 10.1. The predicted octanol–water partition coefficient (Wildman–Crippen LogP) is 0.335. The summed E-state index contributed by atoms with van der Waals surface area (Å²) in [4.78, 5) is 12.5. The van der Waals surface area contributed by atoms with E-state index in [2.05, 4.69) is 11.7 Å². The third-order valence-electron chi connectivity index (χ3n) is 4.39. The average Bonchev–Trinajstić information content (AvgIpc) is 3.00. The first kappa shape index (κ1) is 21.2. The molecule has 0 aliphatic heterocycles. The van der Waals surface area contributed by atoms with Crippen LogP contribution < -0.4 is 30.3 Å². The second-order valence-electron chi connectivity index (χ2n) is 6.20. The molecule has 2 aromatic carbocycles. The lowest BCUT2D eigenvalue weighted by Gasteiger charge is -2.12. The Morgan fingerprint density at radius 1 is 1.03 bits per heavy atom. The molecule has 3 aromatic rings. The van der Waals surface area contributed by atoms with Crippen LogP contribution in [0.15, 0.2) is 46.1 Å². The summed E-state index contributed by atoms with van der Waals surface area (Å²) in [5.74, 6) is 1.28. The van der Waals surface area contributed by atoms with Crippen molar-refractivity contribution >= 4 is 22.8 Å². The van der Waals surface area contributed by atoms with Crippen LogP contribution in [0.1, 0.15) is 5.56 Å². The molecule has 0 spiro atoms. The molecule has 0 aliphatic carbocycles. The van der Waals surface area contributed by atoms with Crippen molar-refractivity contribution < 1.29 is 27.2 Å². The van der Waals surface area contributed by atoms with Crippen LogP contribution in [0.4, 0.5) is 0 Å². The Morgan fingerprint density at radius 3 is 2.07 bits per heavy atom. The molecule has 0 aliphatic rings. The molecule has 0 radical (unpaired) electrons. The van der Waals surface area contributed by atoms with E-state index >= 15 is 0 Å². The highest BCUT2D eigenvalue weighted by Crippen LogP contribution is 2.38. The first-order valence-corrected chi connectivity index (χ1v) is 9.98. The molecule has 0 saturated carbocycles. The number of rotatable bonds is 6. The largest absolute Gasteiger partial charge is 0.744 e. The Hall–Kier alpha value is -3.50. The zero-order valence-electron chi connectivity index (χ0n) is 16.5. The molecule has 0 amide bonds. The van der Waals surface area contributed by atoms with Crippen molar-refractivity contribution in [3.05, 3.63) is 62.9 Å². The third-order valence-corrected chi connectivity index (χ3v) is 5.24. The van der Waals surface area contributed by atoms with Gasteiger partial charge in [-0.15, -0.1) is 0 Å². The number of ether oxygens (including phenoxy) is 3. The highest BCUT2D eigenvalue weighted by Gasteiger charge is 2.13. The molecule has 0 atom stereocenters. The van der Waals surface area contributed by atoms with Gasteiger partial charge in [-0.3, -0.25) is 9.89 Å². The number of aromatic amines is 1. The number of aromatic nitrogens is 2. The molecule has 1 aromatic heterocycles. The van der Waals surface area contributed by atoms with Crippen molar-refractivity contribution in [1.29, 1.82) is 0 Å². The first-order valence-electron chi connectivity index (χ1n) is 8.57. The van der Waals surface area contributed by atoms with Crippen LogP contribution in [-0.2, 0) is 10.1 Å². The Labute approximate surface area is 172 Å². The van der Waals surface area contributed by atoms with Gasteiger partial charge in [-0.05, 0) is 48.0 Å². The number of benzene rings is 2. The van der Waals surface area contributed by atoms with Gasteiger partial charge >= 0.3 is 0 Å². The van der Waals surface area contributed by atoms with E-state index in [1.807, 2.05) is 0 Å². The lowest BCUT2D eigenvalue weighted by molar-refractivity contribution is 0.324. The van der Waals surface area contributed by atoms with E-state index in [1.165, 1.54) is 38.1 Å².